The molecule has 0 aromatic heterocycles. The van der Waals surface area contributed by atoms with Gasteiger partial charge in [0.05, 0.1) is 12.2 Å². The predicted molar refractivity (Wildman–Crippen MR) is 81.7 cm³/mol. The zero-order valence-electron chi connectivity index (χ0n) is 12.6. The Morgan fingerprint density at radius 2 is 1.90 bits per heavy atom. The second-order valence-electron chi connectivity index (χ2n) is 4.85. The van der Waals surface area contributed by atoms with E-state index in [0.29, 0.717) is 30.1 Å². The van der Waals surface area contributed by atoms with Gasteiger partial charge in [-0.15, -0.1) is 0 Å². The van der Waals surface area contributed by atoms with Crippen molar-refractivity contribution in [1.29, 1.82) is 0 Å². The van der Waals surface area contributed by atoms with Crippen molar-refractivity contribution in [3.63, 3.8) is 0 Å². The Morgan fingerprint density at radius 1 is 1.24 bits per heavy atom. The number of hydrogen-bond donors (Lipinski definition) is 2. The van der Waals surface area contributed by atoms with E-state index in [4.69, 9.17) is 16.2 Å². The Kier molecular flexibility index (Phi) is 5.98. The van der Waals surface area contributed by atoms with Gasteiger partial charge in [0.1, 0.15) is 6.54 Å². The van der Waals surface area contributed by atoms with E-state index in [9.17, 15) is 9.59 Å². The Hall–Kier alpha value is -2.28. The minimum Gasteiger partial charge on any atom is -0.399 e. The van der Waals surface area contributed by atoms with Gasteiger partial charge in [-0.05, 0) is 18.2 Å². The number of likely N-dealkylation sites (N-methyl/N-ethyl adjacent to an activating group) is 1. The van der Waals surface area contributed by atoms with E-state index in [2.05, 4.69) is 0 Å². The molecule has 0 atom stereocenters. The number of rotatable bonds is 6. The zero-order chi connectivity index (χ0) is 16.0. The highest BCUT2D eigenvalue weighted by atomic mass is 16.5. The monoisotopic (exact) mass is 294 g/mol. The molecule has 0 aliphatic heterocycles. The molecule has 0 unspecified atom stereocenters. The molecule has 7 nitrogen and oxygen atoms in total. The zero-order valence-corrected chi connectivity index (χ0v) is 12.6. The summed E-state index contributed by atoms with van der Waals surface area (Å²) in [5.41, 5.74) is 12.5. The summed E-state index contributed by atoms with van der Waals surface area (Å²) in [5, 5.41) is 0. The highest BCUT2D eigenvalue weighted by Gasteiger charge is 2.21. The molecule has 0 heterocycles. The number of carbonyl (C=O) groups is 2. The van der Waals surface area contributed by atoms with Crippen LogP contribution >= 0.6 is 0 Å². The van der Waals surface area contributed by atoms with E-state index < -0.39 is 0 Å². The van der Waals surface area contributed by atoms with Gasteiger partial charge < -0.3 is 26.0 Å². The number of anilines is 2. The van der Waals surface area contributed by atoms with Crippen LogP contribution in [0.3, 0.4) is 0 Å². The molecule has 0 aliphatic rings. The van der Waals surface area contributed by atoms with Gasteiger partial charge in [-0.2, -0.15) is 0 Å². The van der Waals surface area contributed by atoms with Crippen molar-refractivity contribution in [2.24, 2.45) is 0 Å². The third-order valence-corrected chi connectivity index (χ3v) is 2.98. The average Bonchev–Trinajstić information content (AvgIpc) is 2.42. The van der Waals surface area contributed by atoms with Crippen molar-refractivity contribution in [2.75, 3.05) is 52.4 Å². The van der Waals surface area contributed by atoms with Crippen LogP contribution in [0.4, 0.5) is 11.4 Å². The number of nitrogens with zero attached hydrogens (tertiary/aromatic N) is 2. The number of amides is 2. The van der Waals surface area contributed by atoms with Gasteiger partial charge in [-0.25, -0.2) is 0 Å². The molecule has 0 aliphatic carbocycles. The van der Waals surface area contributed by atoms with Crippen LogP contribution in [0.2, 0.25) is 0 Å². The first-order chi connectivity index (χ1) is 9.86. The lowest BCUT2D eigenvalue weighted by Gasteiger charge is -2.24. The summed E-state index contributed by atoms with van der Waals surface area (Å²) in [7, 11) is 4.81. The number of benzene rings is 1. The fraction of sp³-hybridized carbons (Fsp3) is 0.429. The predicted octanol–water partition coefficient (Wildman–Crippen LogP) is 0.0278. The highest BCUT2D eigenvalue weighted by molar-refractivity contribution is 6.01. The minimum atomic E-state index is -0.320. The van der Waals surface area contributed by atoms with E-state index in [-0.39, 0.29) is 18.4 Å². The quantitative estimate of drug-likeness (QED) is 0.721. The molecule has 0 spiro atoms. The molecule has 0 fully saturated rings. The van der Waals surface area contributed by atoms with Crippen LogP contribution in [0.15, 0.2) is 18.2 Å². The molecule has 1 rings (SSSR count). The van der Waals surface area contributed by atoms with Gasteiger partial charge in [0.25, 0.3) is 5.91 Å². The van der Waals surface area contributed by atoms with Crippen LogP contribution in [0.5, 0.6) is 0 Å². The summed E-state index contributed by atoms with van der Waals surface area (Å²) in [6.45, 7) is 0.610. The maximum absolute atomic E-state index is 12.5. The number of methoxy groups -OCH3 is 1. The second kappa shape index (κ2) is 7.49. The van der Waals surface area contributed by atoms with Gasteiger partial charge in [0, 0.05) is 39.1 Å². The van der Waals surface area contributed by atoms with Crippen molar-refractivity contribution in [3.8, 4) is 0 Å². The molecule has 7 heteroatoms. The molecular weight excluding hydrogens is 272 g/mol. The van der Waals surface area contributed by atoms with Crippen LogP contribution in [-0.2, 0) is 9.53 Å². The molecule has 0 radical (unpaired) electrons. The normalized spacial score (nSPS) is 10.2. The van der Waals surface area contributed by atoms with Gasteiger partial charge in [0.2, 0.25) is 5.91 Å². The van der Waals surface area contributed by atoms with E-state index in [1.807, 2.05) is 0 Å². The van der Waals surface area contributed by atoms with Gasteiger partial charge in [-0.3, -0.25) is 9.59 Å². The molecule has 0 bridgehead atoms. The van der Waals surface area contributed by atoms with Crippen LogP contribution in [-0.4, -0.2) is 62.5 Å². The first kappa shape index (κ1) is 16.8. The number of carbonyl (C=O) groups excluding carboxylic acids is 2. The summed E-state index contributed by atoms with van der Waals surface area (Å²) in [4.78, 5) is 27.2. The van der Waals surface area contributed by atoms with Crippen molar-refractivity contribution < 1.29 is 14.3 Å². The largest absolute Gasteiger partial charge is 0.399 e. The van der Waals surface area contributed by atoms with E-state index in [1.54, 1.807) is 26.2 Å². The summed E-state index contributed by atoms with van der Waals surface area (Å²) in [5.74, 6) is -0.492. The Bertz CT molecular complexity index is 517. The lowest BCUT2D eigenvalue weighted by Crippen LogP contribution is -2.42. The standard InChI is InChI=1S/C14H22N4O3/c1-17(2)13(19)9-18(6-7-21-3)14(20)11-5-4-10(15)8-12(11)16/h4-5,8H,6-7,9,15-16H2,1-3H3. The van der Waals surface area contributed by atoms with Gasteiger partial charge in [0.15, 0.2) is 0 Å². The fourth-order valence-electron chi connectivity index (χ4n) is 1.70. The van der Waals surface area contributed by atoms with Gasteiger partial charge in [-0.1, -0.05) is 0 Å². The maximum Gasteiger partial charge on any atom is 0.256 e. The van der Waals surface area contributed by atoms with E-state index in [1.165, 1.54) is 23.0 Å². The molecule has 0 saturated carbocycles. The summed E-state index contributed by atoms with van der Waals surface area (Å²) in [6.07, 6.45) is 0. The Labute approximate surface area is 124 Å². The molecular formula is C14H22N4O3. The average molecular weight is 294 g/mol. The summed E-state index contributed by atoms with van der Waals surface area (Å²) in [6, 6.07) is 4.69. The van der Waals surface area contributed by atoms with Crippen LogP contribution in [0, 0.1) is 0 Å². The third-order valence-electron chi connectivity index (χ3n) is 2.98. The molecule has 0 saturated heterocycles. The third kappa shape index (κ3) is 4.64. The van der Waals surface area contributed by atoms with Gasteiger partial charge >= 0.3 is 0 Å². The molecule has 4 N–H and O–H groups in total. The lowest BCUT2D eigenvalue weighted by molar-refractivity contribution is -0.129. The number of ether oxygens (including phenoxy) is 1. The maximum atomic E-state index is 12.5. The highest BCUT2D eigenvalue weighted by Crippen LogP contribution is 2.17. The fourth-order valence-corrected chi connectivity index (χ4v) is 1.70. The number of nitrogen functional groups attached to an aromatic ring is 2. The Morgan fingerprint density at radius 3 is 2.43 bits per heavy atom. The lowest BCUT2D eigenvalue weighted by atomic mass is 10.1. The molecule has 2 amide bonds. The first-order valence-electron chi connectivity index (χ1n) is 6.50. The van der Waals surface area contributed by atoms with Crippen LogP contribution in [0.25, 0.3) is 0 Å². The van der Waals surface area contributed by atoms with Crippen LogP contribution < -0.4 is 11.5 Å². The van der Waals surface area contributed by atoms with Crippen molar-refractivity contribution in [1.82, 2.24) is 9.80 Å². The number of hydrogen-bond acceptors (Lipinski definition) is 5. The van der Waals surface area contributed by atoms with Crippen molar-refractivity contribution >= 4 is 23.2 Å². The first-order valence-corrected chi connectivity index (χ1v) is 6.50. The van der Waals surface area contributed by atoms with Crippen molar-refractivity contribution in [3.05, 3.63) is 23.8 Å². The summed E-state index contributed by atoms with van der Waals surface area (Å²) >= 11 is 0. The van der Waals surface area contributed by atoms with E-state index in [0.717, 1.165) is 0 Å². The topological polar surface area (TPSA) is 102 Å². The SMILES string of the molecule is COCCN(CC(=O)N(C)C)C(=O)c1ccc(N)cc1N. The number of nitrogens with two attached hydrogens (primary N) is 2. The van der Waals surface area contributed by atoms with Crippen molar-refractivity contribution in [2.45, 2.75) is 0 Å². The minimum absolute atomic E-state index is 0.0288. The Balaban J connectivity index is 2.95. The molecule has 21 heavy (non-hydrogen) atoms. The smallest absolute Gasteiger partial charge is 0.256 e. The molecule has 1 aromatic carbocycles. The van der Waals surface area contributed by atoms with Crippen LogP contribution in [0.1, 0.15) is 10.4 Å². The summed E-state index contributed by atoms with van der Waals surface area (Å²) < 4.78 is 4.98. The second-order valence-corrected chi connectivity index (χ2v) is 4.85. The molecule has 1 aromatic rings. The van der Waals surface area contributed by atoms with E-state index >= 15 is 0 Å². The molecule has 116 valence electrons.